The molecule has 2 atom stereocenters. The molecule has 3 aliphatic rings. The predicted octanol–water partition coefficient (Wildman–Crippen LogP) is 4.78. The molecule has 0 unspecified atom stereocenters. The lowest BCUT2D eigenvalue weighted by Crippen LogP contribution is -2.46. The third-order valence-electron chi connectivity index (χ3n) is 7.44. The smallest absolute Gasteiger partial charge is 0.265 e. The van der Waals surface area contributed by atoms with Gasteiger partial charge in [-0.3, -0.25) is 14.6 Å². The highest BCUT2D eigenvalue weighted by Crippen LogP contribution is 2.38. The van der Waals surface area contributed by atoms with Gasteiger partial charge in [-0.05, 0) is 56.3 Å². The molecule has 0 radical (unpaired) electrons. The molecule has 2 aromatic carbocycles. The number of anilines is 5. The summed E-state index contributed by atoms with van der Waals surface area (Å²) >= 11 is 12.7. The lowest BCUT2D eigenvalue weighted by atomic mass is 10.1. The van der Waals surface area contributed by atoms with Crippen LogP contribution in [0.5, 0.6) is 0 Å². The van der Waals surface area contributed by atoms with Gasteiger partial charge in [0.15, 0.2) is 0 Å². The van der Waals surface area contributed by atoms with Crippen LogP contribution in [-0.4, -0.2) is 66.7 Å². The Morgan fingerprint density at radius 1 is 1.06 bits per heavy atom. The minimum Gasteiger partial charge on any atom is -0.365 e. The highest BCUT2D eigenvalue weighted by atomic mass is 35.5. The summed E-state index contributed by atoms with van der Waals surface area (Å²) in [4.78, 5) is 30.8. The number of carbonyl (C=O) groups excluding carboxylic acids is 1. The fraction of sp³-hybridized carbons (Fsp3) is 0.346. The van der Waals surface area contributed by atoms with Gasteiger partial charge in [-0.15, -0.1) is 0 Å². The maximum absolute atomic E-state index is 13.3. The second kappa shape index (κ2) is 8.80. The van der Waals surface area contributed by atoms with Gasteiger partial charge in [0.2, 0.25) is 5.95 Å². The highest BCUT2D eigenvalue weighted by molar-refractivity contribution is 6.40. The Morgan fingerprint density at radius 2 is 1.83 bits per heavy atom. The number of carbonyl (C=O) groups is 1. The van der Waals surface area contributed by atoms with Crippen LogP contribution in [0.25, 0.3) is 0 Å². The third kappa shape index (κ3) is 3.84. The van der Waals surface area contributed by atoms with Crippen molar-refractivity contribution in [3.05, 3.63) is 63.8 Å². The van der Waals surface area contributed by atoms with Gasteiger partial charge in [-0.25, -0.2) is 4.98 Å². The molecule has 2 bridgehead atoms. The maximum Gasteiger partial charge on any atom is 0.265 e. The molecular weight excluding hydrogens is 497 g/mol. The number of para-hydroxylation sites is 1. The SMILES string of the molecule is Cc1cc(Nc2ncc3c(n2)N(C)CN(c2c(Cl)cccc2Cl)C3=O)ccc1N1C[C@@H]2C[C@H]1CN2C. The van der Waals surface area contributed by atoms with Gasteiger partial charge in [0.1, 0.15) is 11.4 Å². The number of piperazine rings is 1. The first-order valence-corrected chi connectivity index (χ1v) is 12.7. The zero-order valence-corrected chi connectivity index (χ0v) is 21.9. The van der Waals surface area contributed by atoms with E-state index < -0.39 is 0 Å². The van der Waals surface area contributed by atoms with Crippen molar-refractivity contribution in [2.24, 2.45) is 0 Å². The number of hydrogen-bond donors (Lipinski definition) is 1. The lowest BCUT2D eigenvalue weighted by Gasteiger charge is -2.35. The largest absolute Gasteiger partial charge is 0.365 e. The lowest BCUT2D eigenvalue weighted by molar-refractivity contribution is 0.0982. The molecule has 10 heteroatoms. The van der Waals surface area contributed by atoms with E-state index in [1.165, 1.54) is 17.7 Å². The summed E-state index contributed by atoms with van der Waals surface area (Å²) in [5.41, 5.74) is 4.29. The van der Waals surface area contributed by atoms with E-state index in [4.69, 9.17) is 23.2 Å². The van der Waals surface area contributed by atoms with Crippen molar-refractivity contribution < 1.29 is 4.79 Å². The van der Waals surface area contributed by atoms with E-state index in [-0.39, 0.29) is 12.6 Å². The van der Waals surface area contributed by atoms with Crippen LogP contribution < -0.4 is 20.0 Å². The van der Waals surface area contributed by atoms with Crippen molar-refractivity contribution in [1.29, 1.82) is 0 Å². The third-order valence-corrected chi connectivity index (χ3v) is 8.05. The number of aromatic nitrogens is 2. The van der Waals surface area contributed by atoms with Gasteiger partial charge in [-0.1, -0.05) is 29.3 Å². The number of rotatable bonds is 4. The number of halogens is 2. The van der Waals surface area contributed by atoms with Crippen LogP contribution in [0.15, 0.2) is 42.6 Å². The first-order chi connectivity index (χ1) is 17.3. The summed E-state index contributed by atoms with van der Waals surface area (Å²) in [6.07, 6.45) is 2.80. The number of nitrogens with one attached hydrogen (secondary N) is 1. The van der Waals surface area contributed by atoms with Crippen LogP contribution in [0.3, 0.4) is 0 Å². The van der Waals surface area contributed by atoms with Gasteiger partial charge < -0.3 is 15.1 Å². The number of likely N-dealkylation sites (N-methyl/N-ethyl adjacent to an activating group) is 1. The van der Waals surface area contributed by atoms with Crippen LogP contribution >= 0.6 is 23.2 Å². The molecule has 6 rings (SSSR count). The van der Waals surface area contributed by atoms with Crippen molar-refractivity contribution in [1.82, 2.24) is 14.9 Å². The average molecular weight is 524 g/mol. The summed E-state index contributed by atoms with van der Waals surface area (Å²) in [6, 6.07) is 12.8. The number of nitrogens with zero attached hydrogens (tertiary/aromatic N) is 6. The quantitative estimate of drug-likeness (QED) is 0.527. The van der Waals surface area contributed by atoms with E-state index in [0.29, 0.717) is 45.1 Å². The van der Waals surface area contributed by atoms with Crippen molar-refractivity contribution in [2.45, 2.75) is 25.4 Å². The molecular formula is C26H27Cl2N7O. The van der Waals surface area contributed by atoms with Crippen LogP contribution in [0, 0.1) is 6.92 Å². The van der Waals surface area contributed by atoms with Crippen LogP contribution in [-0.2, 0) is 0 Å². The summed E-state index contributed by atoms with van der Waals surface area (Å²) in [5.74, 6) is 0.754. The minimum absolute atomic E-state index is 0.240. The Hall–Kier alpha value is -3.07. The molecule has 0 aliphatic carbocycles. The van der Waals surface area contributed by atoms with Gasteiger partial charge in [0.05, 0.1) is 22.4 Å². The molecule has 1 aromatic heterocycles. The first kappa shape index (κ1) is 23.3. The van der Waals surface area contributed by atoms with Crippen molar-refractivity contribution in [2.75, 3.05) is 53.9 Å². The summed E-state index contributed by atoms with van der Waals surface area (Å²) in [5, 5.41) is 4.14. The Kier molecular flexibility index (Phi) is 5.70. The number of aryl methyl sites for hydroxylation is 1. The zero-order valence-electron chi connectivity index (χ0n) is 20.4. The van der Waals surface area contributed by atoms with Gasteiger partial charge in [0.25, 0.3) is 5.91 Å². The fourth-order valence-electron chi connectivity index (χ4n) is 5.63. The van der Waals surface area contributed by atoms with E-state index in [0.717, 1.165) is 18.8 Å². The predicted molar refractivity (Wildman–Crippen MR) is 145 cm³/mol. The second-order valence-electron chi connectivity index (χ2n) is 9.84. The molecule has 36 heavy (non-hydrogen) atoms. The van der Waals surface area contributed by atoms with E-state index in [1.807, 2.05) is 11.9 Å². The molecule has 4 heterocycles. The molecule has 2 saturated heterocycles. The molecule has 2 fully saturated rings. The van der Waals surface area contributed by atoms with Crippen molar-refractivity contribution >= 4 is 57.9 Å². The Bertz CT molecular complexity index is 1340. The Morgan fingerprint density at radius 3 is 2.50 bits per heavy atom. The van der Waals surface area contributed by atoms with E-state index in [2.05, 4.69) is 57.3 Å². The molecule has 1 N–H and O–H groups in total. The highest BCUT2D eigenvalue weighted by Gasteiger charge is 2.41. The minimum atomic E-state index is -0.240. The molecule has 0 spiro atoms. The molecule has 186 valence electrons. The van der Waals surface area contributed by atoms with E-state index in [1.54, 1.807) is 29.3 Å². The van der Waals surface area contributed by atoms with Crippen LogP contribution in [0.4, 0.5) is 28.8 Å². The second-order valence-corrected chi connectivity index (χ2v) is 10.6. The molecule has 0 saturated carbocycles. The standard InChI is InChI=1S/C26H27Cl2N7O/c1-15-9-16(7-8-22(15)34-13-17-10-18(34)12-32(17)2)30-26-29-11-19-24(31-26)33(3)14-35(25(19)36)23-20(27)5-4-6-21(23)28/h4-9,11,17-18H,10,12-14H2,1-3H3,(H,29,30,31)/t17-,18-/m0/s1. The maximum atomic E-state index is 13.3. The number of benzene rings is 2. The molecule has 3 aromatic rings. The van der Waals surface area contributed by atoms with Gasteiger partial charge >= 0.3 is 0 Å². The molecule has 8 nitrogen and oxygen atoms in total. The number of likely N-dealkylation sites (tertiary alicyclic amines) is 1. The summed E-state index contributed by atoms with van der Waals surface area (Å²) in [7, 11) is 4.09. The Balaban J connectivity index is 1.23. The van der Waals surface area contributed by atoms with Gasteiger partial charge in [-0.2, -0.15) is 4.98 Å². The average Bonchev–Trinajstić information content (AvgIpc) is 3.42. The monoisotopic (exact) mass is 523 g/mol. The zero-order chi connectivity index (χ0) is 25.1. The number of amides is 1. The van der Waals surface area contributed by atoms with Crippen LogP contribution in [0.2, 0.25) is 10.0 Å². The van der Waals surface area contributed by atoms with E-state index >= 15 is 0 Å². The normalized spacial score (nSPS) is 21.4. The molecule has 3 aliphatic heterocycles. The fourth-order valence-corrected chi connectivity index (χ4v) is 6.23. The van der Waals surface area contributed by atoms with Crippen molar-refractivity contribution in [3.8, 4) is 0 Å². The molecule has 1 amide bonds. The van der Waals surface area contributed by atoms with Crippen LogP contribution in [0.1, 0.15) is 22.3 Å². The summed E-state index contributed by atoms with van der Waals surface area (Å²) < 4.78 is 0. The van der Waals surface area contributed by atoms with E-state index in [9.17, 15) is 4.79 Å². The summed E-state index contributed by atoms with van der Waals surface area (Å²) in [6.45, 7) is 4.62. The topological polar surface area (TPSA) is 67.8 Å². The van der Waals surface area contributed by atoms with Gasteiger partial charge in [0, 0.05) is 49.8 Å². The number of hydrogen-bond acceptors (Lipinski definition) is 7. The van der Waals surface area contributed by atoms with Crippen molar-refractivity contribution in [3.63, 3.8) is 0 Å². The Labute approximate surface area is 220 Å². The number of fused-ring (bicyclic) bond motifs is 3. The first-order valence-electron chi connectivity index (χ1n) is 12.0.